The van der Waals surface area contributed by atoms with Crippen molar-refractivity contribution in [2.24, 2.45) is 11.1 Å². The third-order valence-electron chi connectivity index (χ3n) is 2.26. The minimum absolute atomic E-state index is 0.00663. The molecule has 8 heteroatoms. The normalized spacial score (nSPS) is 13.9. The summed E-state index contributed by atoms with van der Waals surface area (Å²) in [7, 11) is -3.40. The Labute approximate surface area is 110 Å². The first-order valence-electron chi connectivity index (χ1n) is 5.38. The van der Waals surface area contributed by atoms with E-state index in [0.717, 1.165) is 10.7 Å². The number of sulfonamides is 1. The average Bonchev–Trinajstić information content (AvgIpc) is 2.71. The van der Waals surface area contributed by atoms with Crippen LogP contribution >= 0.6 is 11.8 Å². The first kappa shape index (κ1) is 13.3. The van der Waals surface area contributed by atoms with Gasteiger partial charge in [-0.2, -0.15) is 5.10 Å². The summed E-state index contributed by atoms with van der Waals surface area (Å²) in [5, 5.41) is 10.2. The number of hydrogen-bond acceptors (Lipinski definition) is 5. The number of nitrogens with zero attached hydrogens (tertiary/aromatic N) is 3. The molecule has 0 aliphatic rings. The maximum Gasteiger partial charge on any atom is 0.209 e. The molecule has 1 atom stereocenters. The van der Waals surface area contributed by atoms with Crippen LogP contribution in [0.2, 0.25) is 0 Å². The number of rotatable bonds is 5. The van der Waals surface area contributed by atoms with Crippen LogP contribution in [0.3, 0.4) is 0 Å². The Morgan fingerprint density at radius 2 is 2.28 bits per heavy atom. The Hall–Kier alpha value is -1.12. The standard InChI is InChI=1S/C10H14N4O2S2/c1-8(7-18(11,15)16)6-17-10-3-2-9-12-4-5-14(9)13-10/h2-5,8H,6-7H2,1H3,(H2,11,15,16)/t8-/m1/s1. The summed E-state index contributed by atoms with van der Waals surface area (Å²) in [5.74, 6) is 0.641. The van der Waals surface area contributed by atoms with Gasteiger partial charge >= 0.3 is 0 Å². The summed E-state index contributed by atoms with van der Waals surface area (Å²) in [6.45, 7) is 1.85. The van der Waals surface area contributed by atoms with Crippen LogP contribution in [-0.2, 0) is 10.0 Å². The van der Waals surface area contributed by atoms with Crippen molar-refractivity contribution in [3.8, 4) is 0 Å². The SMILES string of the molecule is C[C@H](CSc1ccc2nccn2n1)CS(N)(=O)=O. The van der Waals surface area contributed by atoms with E-state index in [1.165, 1.54) is 11.8 Å². The van der Waals surface area contributed by atoms with Crippen molar-refractivity contribution in [3.63, 3.8) is 0 Å². The highest BCUT2D eigenvalue weighted by Crippen LogP contribution is 2.19. The van der Waals surface area contributed by atoms with Gasteiger partial charge in [-0.3, -0.25) is 0 Å². The summed E-state index contributed by atoms with van der Waals surface area (Å²) >= 11 is 1.51. The molecule has 18 heavy (non-hydrogen) atoms. The molecular formula is C10H14N4O2S2. The van der Waals surface area contributed by atoms with Gasteiger partial charge in [0.05, 0.1) is 5.75 Å². The first-order chi connectivity index (χ1) is 8.44. The second-order valence-electron chi connectivity index (χ2n) is 4.15. The summed E-state index contributed by atoms with van der Waals surface area (Å²) in [6.07, 6.45) is 3.45. The van der Waals surface area contributed by atoms with Crippen molar-refractivity contribution < 1.29 is 8.42 Å². The van der Waals surface area contributed by atoms with Crippen LogP contribution in [0.4, 0.5) is 0 Å². The fraction of sp³-hybridized carbons (Fsp3) is 0.400. The maximum atomic E-state index is 10.9. The molecule has 0 aliphatic heterocycles. The largest absolute Gasteiger partial charge is 0.236 e. The molecule has 0 radical (unpaired) electrons. The van der Waals surface area contributed by atoms with Crippen molar-refractivity contribution in [2.75, 3.05) is 11.5 Å². The van der Waals surface area contributed by atoms with Crippen molar-refractivity contribution in [2.45, 2.75) is 11.9 Å². The Morgan fingerprint density at radius 3 is 3.00 bits per heavy atom. The molecule has 6 nitrogen and oxygen atoms in total. The topological polar surface area (TPSA) is 90.3 Å². The second kappa shape index (κ2) is 5.25. The van der Waals surface area contributed by atoms with Gasteiger partial charge in [-0.1, -0.05) is 6.92 Å². The van der Waals surface area contributed by atoms with E-state index in [1.54, 1.807) is 16.9 Å². The summed E-state index contributed by atoms with van der Waals surface area (Å²) in [4.78, 5) is 4.10. The van der Waals surface area contributed by atoms with Crippen molar-refractivity contribution in [1.82, 2.24) is 14.6 Å². The van der Waals surface area contributed by atoms with Gasteiger partial charge in [-0.05, 0) is 18.1 Å². The fourth-order valence-electron chi connectivity index (χ4n) is 1.55. The van der Waals surface area contributed by atoms with E-state index in [2.05, 4.69) is 10.1 Å². The van der Waals surface area contributed by atoms with Crippen molar-refractivity contribution in [1.29, 1.82) is 0 Å². The molecular weight excluding hydrogens is 272 g/mol. The van der Waals surface area contributed by atoms with E-state index in [-0.39, 0.29) is 11.7 Å². The van der Waals surface area contributed by atoms with Crippen LogP contribution in [0.15, 0.2) is 29.6 Å². The van der Waals surface area contributed by atoms with Gasteiger partial charge in [0.2, 0.25) is 10.0 Å². The quantitative estimate of drug-likeness (QED) is 0.819. The van der Waals surface area contributed by atoms with E-state index in [9.17, 15) is 8.42 Å². The van der Waals surface area contributed by atoms with E-state index in [1.807, 2.05) is 19.1 Å². The van der Waals surface area contributed by atoms with E-state index < -0.39 is 10.0 Å². The first-order valence-corrected chi connectivity index (χ1v) is 8.08. The number of thioether (sulfide) groups is 1. The molecule has 2 heterocycles. The van der Waals surface area contributed by atoms with Crippen LogP contribution in [0, 0.1) is 5.92 Å². The fourth-order valence-corrected chi connectivity index (χ4v) is 3.49. The molecule has 0 saturated carbocycles. The Balaban J connectivity index is 1.97. The molecule has 2 N–H and O–H groups in total. The molecule has 0 unspecified atom stereocenters. The predicted octanol–water partition coefficient (Wildman–Crippen LogP) is 0.746. The highest BCUT2D eigenvalue weighted by Gasteiger charge is 2.12. The van der Waals surface area contributed by atoms with Crippen LogP contribution in [0.1, 0.15) is 6.92 Å². The minimum atomic E-state index is -3.40. The number of nitrogens with two attached hydrogens (primary N) is 1. The second-order valence-corrected chi connectivity index (χ2v) is 6.85. The molecule has 0 saturated heterocycles. The van der Waals surface area contributed by atoms with E-state index in [4.69, 9.17) is 5.14 Å². The average molecular weight is 286 g/mol. The highest BCUT2D eigenvalue weighted by atomic mass is 32.2. The molecule has 2 aromatic heterocycles. The Kier molecular flexibility index (Phi) is 3.88. The lowest BCUT2D eigenvalue weighted by Crippen LogP contribution is -2.22. The van der Waals surface area contributed by atoms with Gasteiger partial charge in [0, 0.05) is 18.1 Å². The number of primary sulfonamides is 1. The maximum absolute atomic E-state index is 10.9. The highest BCUT2D eigenvalue weighted by molar-refractivity contribution is 7.99. The predicted molar refractivity (Wildman–Crippen MR) is 70.8 cm³/mol. The van der Waals surface area contributed by atoms with Gasteiger partial charge in [0.1, 0.15) is 5.03 Å². The lowest BCUT2D eigenvalue weighted by molar-refractivity contribution is 0.585. The van der Waals surface area contributed by atoms with Gasteiger partial charge in [-0.25, -0.2) is 23.1 Å². The molecule has 2 rings (SSSR count). The monoisotopic (exact) mass is 286 g/mol. The summed E-state index contributed by atoms with van der Waals surface area (Å²) < 4.78 is 23.6. The van der Waals surface area contributed by atoms with Crippen LogP contribution < -0.4 is 5.14 Å². The number of imidazole rings is 1. The molecule has 0 amide bonds. The smallest absolute Gasteiger partial charge is 0.209 e. The van der Waals surface area contributed by atoms with Crippen molar-refractivity contribution in [3.05, 3.63) is 24.5 Å². The van der Waals surface area contributed by atoms with E-state index in [0.29, 0.717) is 5.75 Å². The third-order valence-corrected chi connectivity index (χ3v) is 4.55. The van der Waals surface area contributed by atoms with E-state index >= 15 is 0 Å². The van der Waals surface area contributed by atoms with Crippen molar-refractivity contribution >= 4 is 27.4 Å². The lowest BCUT2D eigenvalue weighted by Gasteiger charge is -2.08. The molecule has 98 valence electrons. The summed E-state index contributed by atoms with van der Waals surface area (Å²) in [6, 6.07) is 3.75. The van der Waals surface area contributed by atoms with Gasteiger partial charge in [0.25, 0.3) is 0 Å². The minimum Gasteiger partial charge on any atom is -0.236 e. The molecule has 2 aromatic rings. The van der Waals surface area contributed by atoms with Crippen LogP contribution in [0.5, 0.6) is 0 Å². The lowest BCUT2D eigenvalue weighted by atomic mass is 10.3. The zero-order valence-electron chi connectivity index (χ0n) is 9.85. The van der Waals surface area contributed by atoms with Gasteiger partial charge in [-0.15, -0.1) is 11.8 Å². The third kappa shape index (κ3) is 3.69. The number of hydrogen-bond donors (Lipinski definition) is 1. The van der Waals surface area contributed by atoms with Crippen LogP contribution in [-0.4, -0.2) is 34.5 Å². The van der Waals surface area contributed by atoms with Crippen LogP contribution in [0.25, 0.3) is 5.65 Å². The number of fused-ring (bicyclic) bond motifs is 1. The Morgan fingerprint density at radius 1 is 1.50 bits per heavy atom. The molecule has 0 bridgehead atoms. The number of aromatic nitrogens is 3. The molecule has 0 fully saturated rings. The zero-order chi connectivity index (χ0) is 13.2. The Bertz CT molecular complexity index is 638. The summed E-state index contributed by atoms with van der Waals surface area (Å²) in [5.41, 5.74) is 0.789. The van der Waals surface area contributed by atoms with Gasteiger partial charge < -0.3 is 0 Å². The molecule has 0 aromatic carbocycles. The van der Waals surface area contributed by atoms with Gasteiger partial charge in [0.15, 0.2) is 5.65 Å². The molecule has 0 spiro atoms. The zero-order valence-corrected chi connectivity index (χ0v) is 11.5. The molecule has 0 aliphatic carbocycles.